The number of hydrogen-bond donors (Lipinski definition) is 0. The summed E-state index contributed by atoms with van der Waals surface area (Å²) in [6.07, 6.45) is 1.70. The molecule has 1 saturated heterocycles. The maximum absolute atomic E-state index is 5.43. The average Bonchev–Trinajstić information content (AvgIpc) is 3.02. The zero-order valence-corrected chi connectivity index (χ0v) is 17.7. The fourth-order valence-electron chi connectivity index (χ4n) is 3.76. The van der Waals surface area contributed by atoms with Gasteiger partial charge in [-0.1, -0.05) is 6.07 Å². The molecule has 0 bridgehead atoms. The number of aromatic nitrogens is 2. The van der Waals surface area contributed by atoms with E-state index in [4.69, 9.17) is 9.47 Å². The van der Waals surface area contributed by atoms with Crippen LogP contribution in [0.1, 0.15) is 16.0 Å². The van der Waals surface area contributed by atoms with Crippen LogP contribution in [0, 0.1) is 13.8 Å². The number of hydrogen-bond acceptors (Lipinski definition) is 7. The maximum atomic E-state index is 5.43. The normalized spacial score (nSPS) is 15.2. The number of anilines is 1. The molecule has 3 aromatic rings. The summed E-state index contributed by atoms with van der Waals surface area (Å²) in [5, 5.41) is 1.22. The Morgan fingerprint density at radius 2 is 1.75 bits per heavy atom. The van der Waals surface area contributed by atoms with Crippen LogP contribution in [0.2, 0.25) is 0 Å². The van der Waals surface area contributed by atoms with E-state index in [0.717, 1.165) is 54.9 Å². The lowest BCUT2D eigenvalue weighted by Gasteiger charge is -2.35. The third kappa shape index (κ3) is 3.52. The van der Waals surface area contributed by atoms with Gasteiger partial charge in [-0.25, -0.2) is 9.97 Å². The van der Waals surface area contributed by atoms with Crippen LogP contribution < -0.4 is 14.4 Å². The largest absolute Gasteiger partial charge is 0.493 e. The summed E-state index contributed by atoms with van der Waals surface area (Å²) >= 11 is 1.76. The van der Waals surface area contributed by atoms with Crippen molar-refractivity contribution in [3.63, 3.8) is 0 Å². The Hall–Kier alpha value is -2.38. The Labute approximate surface area is 169 Å². The van der Waals surface area contributed by atoms with Gasteiger partial charge in [0.15, 0.2) is 11.5 Å². The lowest BCUT2D eigenvalue weighted by molar-refractivity contribution is 0.249. The van der Waals surface area contributed by atoms with Gasteiger partial charge in [0.1, 0.15) is 17.0 Å². The number of benzene rings is 1. The molecule has 0 aliphatic carbocycles. The second-order valence-corrected chi connectivity index (χ2v) is 8.32. The fraction of sp³-hybridized carbons (Fsp3) is 0.429. The van der Waals surface area contributed by atoms with Gasteiger partial charge in [-0.05, 0) is 37.1 Å². The minimum atomic E-state index is 0.769. The molecule has 1 aliphatic heterocycles. The van der Waals surface area contributed by atoms with Crippen molar-refractivity contribution in [2.24, 2.45) is 0 Å². The number of rotatable bonds is 5. The number of aryl methyl sites for hydroxylation is 2. The Morgan fingerprint density at radius 3 is 2.46 bits per heavy atom. The minimum Gasteiger partial charge on any atom is -0.493 e. The van der Waals surface area contributed by atoms with Crippen LogP contribution in [0.5, 0.6) is 11.5 Å². The predicted molar refractivity (Wildman–Crippen MR) is 114 cm³/mol. The van der Waals surface area contributed by atoms with Gasteiger partial charge in [-0.3, -0.25) is 4.90 Å². The molecule has 0 N–H and O–H groups in total. The number of nitrogens with zero attached hydrogens (tertiary/aromatic N) is 4. The molecule has 1 fully saturated rings. The number of fused-ring (bicyclic) bond motifs is 1. The van der Waals surface area contributed by atoms with Crippen LogP contribution in [-0.2, 0) is 6.54 Å². The first-order valence-electron chi connectivity index (χ1n) is 9.49. The molecule has 0 saturated carbocycles. The first-order chi connectivity index (χ1) is 13.6. The molecule has 0 unspecified atom stereocenters. The van der Waals surface area contributed by atoms with Crippen LogP contribution in [-0.4, -0.2) is 55.3 Å². The fourth-order valence-corrected chi connectivity index (χ4v) is 4.75. The van der Waals surface area contributed by atoms with Crippen LogP contribution in [0.3, 0.4) is 0 Å². The molecule has 4 rings (SSSR count). The highest BCUT2D eigenvalue weighted by atomic mass is 32.1. The van der Waals surface area contributed by atoms with Gasteiger partial charge in [0.05, 0.1) is 19.6 Å². The van der Waals surface area contributed by atoms with E-state index in [9.17, 15) is 0 Å². The van der Waals surface area contributed by atoms with Crippen molar-refractivity contribution in [1.82, 2.24) is 14.9 Å². The lowest BCUT2D eigenvalue weighted by Crippen LogP contribution is -2.46. The Morgan fingerprint density at radius 1 is 1.00 bits per heavy atom. The van der Waals surface area contributed by atoms with E-state index in [2.05, 4.69) is 45.7 Å². The highest BCUT2D eigenvalue weighted by Crippen LogP contribution is 2.34. The van der Waals surface area contributed by atoms with E-state index >= 15 is 0 Å². The average molecular weight is 399 g/mol. The van der Waals surface area contributed by atoms with Crippen molar-refractivity contribution in [2.75, 3.05) is 45.3 Å². The van der Waals surface area contributed by atoms with Gasteiger partial charge in [-0.15, -0.1) is 11.3 Å². The predicted octanol–water partition coefficient (Wildman–Crippen LogP) is 3.65. The second-order valence-electron chi connectivity index (χ2n) is 7.11. The van der Waals surface area contributed by atoms with Crippen molar-refractivity contribution in [1.29, 1.82) is 0 Å². The monoisotopic (exact) mass is 398 g/mol. The van der Waals surface area contributed by atoms with Crippen molar-refractivity contribution in [3.8, 4) is 11.5 Å². The molecule has 28 heavy (non-hydrogen) atoms. The summed E-state index contributed by atoms with van der Waals surface area (Å²) in [4.78, 5) is 16.4. The zero-order valence-electron chi connectivity index (χ0n) is 16.9. The van der Waals surface area contributed by atoms with E-state index in [1.807, 2.05) is 6.07 Å². The molecule has 3 heterocycles. The minimum absolute atomic E-state index is 0.769. The molecule has 0 radical (unpaired) electrons. The van der Waals surface area contributed by atoms with Gasteiger partial charge in [0.2, 0.25) is 0 Å². The molecule has 1 aliphatic rings. The summed E-state index contributed by atoms with van der Waals surface area (Å²) in [6, 6.07) is 6.15. The third-order valence-corrected chi connectivity index (χ3v) is 6.59. The van der Waals surface area contributed by atoms with Crippen molar-refractivity contribution >= 4 is 27.4 Å². The van der Waals surface area contributed by atoms with Crippen LogP contribution in [0.4, 0.5) is 5.82 Å². The third-order valence-electron chi connectivity index (χ3n) is 5.47. The zero-order chi connectivity index (χ0) is 19.7. The van der Waals surface area contributed by atoms with Gasteiger partial charge in [-0.2, -0.15) is 0 Å². The summed E-state index contributed by atoms with van der Waals surface area (Å²) in [6.45, 7) is 9.18. The molecule has 2 aromatic heterocycles. The molecule has 148 valence electrons. The topological polar surface area (TPSA) is 50.7 Å². The summed E-state index contributed by atoms with van der Waals surface area (Å²) < 4.78 is 10.8. The second kappa shape index (κ2) is 7.93. The molecular formula is C21H26N4O2S. The van der Waals surface area contributed by atoms with Gasteiger partial charge in [0, 0.05) is 37.6 Å². The van der Waals surface area contributed by atoms with E-state index in [1.165, 1.54) is 21.4 Å². The maximum Gasteiger partial charge on any atom is 0.161 e. The van der Waals surface area contributed by atoms with Gasteiger partial charge < -0.3 is 14.4 Å². The molecule has 7 heteroatoms. The first kappa shape index (κ1) is 19.0. The van der Waals surface area contributed by atoms with Gasteiger partial charge >= 0.3 is 0 Å². The Kier molecular flexibility index (Phi) is 5.37. The van der Waals surface area contributed by atoms with Crippen LogP contribution >= 0.6 is 11.3 Å². The smallest absolute Gasteiger partial charge is 0.161 e. The summed E-state index contributed by atoms with van der Waals surface area (Å²) in [5.74, 6) is 2.63. The number of thiophene rings is 1. The molecular weight excluding hydrogens is 372 g/mol. The van der Waals surface area contributed by atoms with Crippen molar-refractivity contribution < 1.29 is 9.47 Å². The number of methoxy groups -OCH3 is 2. The number of ether oxygens (including phenoxy) is 2. The van der Waals surface area contributed by atoms with E-state index in [0.29, 0.717) is 0 Å². The van der Waals surface area contributed by atoms with E-state index in [-0.39, 0.29) is 0 Å². The summed E-state index contributed by atoms with van der Waals surface area (Å²) in [7, 11) is 3.34. The van der Waals surface area contributed by atoms with Crippen LogP contribution in [0.15, 0.2) is 24.5 Å². The van der Waals surface area contributed by atoms with Crippen molar-refractivity contribution in [2.45, 2.75) is 20.4 Å². The molecule has 0 amide bonds. The molecule has 6 nitrogen and oxygen atoms in total. The first-order valence-corrected chi connectivity index (χ1v) is 10.3. The van der Waals surface area contributed by atoms with Gasteiger partial charge in [0.25, 0.3) is 0 Å². The molecule has 1 aromatic carbocycles. The Bertz CT molecular complexity index is 980. The number of piperazine rings is 1. The van der Waals surface area contributed by atoms with E-state index in [1.54, 1.807) is 31.9 Å². The summed E-state index contributed by atoms with van der Waals surface area (Å²) in [5.41, 5.74) is 2.54. The highest BCUT2D eigenvalue weighted by molar-refractivity contribution is 7.18. The quantitative estimate of drug-likeness (QED) is 0.654. The highest BCUT2D eigenvalue weighted by Gasteiger charge is 2.22. The Balaban J connectivity index is 1.46. The SMILES string of the molecule is COc1ccc(CN2CCN(c3ncnc4sc(C)c(C)c34)CC2)cc1OC. The molecule has 0 spiro atoms. The van der Waals surface area contributed by atoms with Crippen LogP contribution in [0.25, 0.3) is 10.2 Å². The molecule has 0 atom stereocenters. The van der Waals surface area contributed by atoms with E-state index < -0.39 is 0 Å². The standard InChI is InChI=1S/C21H26N4O2S/c1-14-15(2)28-21-19(14)20(22-13-23-21)25-9-7-24(8-10-25)12-16-5-6-17(26-3)18(11-16)27-4/h5-6,11,13H,7-10,12H2,1-4H3. The van der Waals surface area contributed by atoms with Crippen molar-refractivity contribution in [3.05, 3.63) is 40.5 Å². The lowest BCUT2D eigenvalue weighted by atomic mass is 10.1.